The number of hydrogen-bond acceptors (Lipinski definition) is 1. The minimum atomic E-state index is 0.898. The highest BCUT2D eigenvalue weighted by Crippen LogP contribution is 2.29. The van der Waals surface area contributed by atoms with Crippen LogP contribution in [-0.2, 0) is 6.42 Å². The molecule has 3 rings (SSSR count). The maximum Gasteiger partial charge on any atom is 0.0352 e. The van der Waals surface area contributed by atoms with Gasteiger partial charge in [-0.3, -0.25) is 0 Å². The van der Waals surface area contributed by atoms with E-state index in [9.17, 15) is 0 Å². The van der Waals surface area contributed by atoms with Crippen LogP contribution in [0.4, 0.5) is 5.69 Å². The number of benzene rings is 3. The molecule has 1 heteroatoms. The maximum atomic E-state index is 6.04. The van der Waals surface area contributed by atoms with Crippen molar-refractivity contribution in [2.45, 2.75) is 13.3 Å². The summed E-state index contributed by atoms with van der Waals surface area (Å²) in [5.74, 6) is 0. The van der Waals surface area contributed by atoms with Crippen molar-refractivity contribution in [2.75, 3.05) is 5.73 Å². The summed E-state index contributed by atoms with van der Waals surface area (Å²) in [4.78, 5) is 0. The zero-order valence-corrected chi connectivity index (χ0v) is 9.90. The molecule has 0 fully saturated rings. The molecule has 0 amide bonds. The van der Waals surface area contributed by atoms with E-state index >= 15 is 0 Å². The van der Waals surface area contributed by atoms with Crippen LogP contribution in [0.5, 0.6) is 0 Å². The average Bonchev–Trinajstić information content (AvgIpc) is 2.36. The Hall–Kier alpha value is -2.02. The van der Waals surface area contributed by atoms with Crippen molar-refractivity contribution in [3.8, 4) is 0 Å². The second-order valence-electron chi connectivity index (χ2n) is 4.41. The summed E-state index contributed by atoms with van der Waals surface area (Å²) < 4.78 is 0. The number of nitrogen functional groups attached to an aromatic ring is 1. The SMILES string of the molecule is CCc1c(N)ccc2cc3ccccc3cc12. The molecule has 0 aliphatic rings. The molecule has 0 heterocycles. The molecular weight excluding hydrogens is 206 g/mol. The summed E-state index contributed by atoms with van der Waals surface area (Å²) in [7, 11) is 0. The van der Waals surface area contributed by atoms with Gasteiger partial charge in [-0.25, -0.2) is 0 Å². The van der Waals surface area contributed by atoms with E-state index in [-0.39, 0.29) is 0 Å². The molecule has 0 unspecified atom stereocenters. The van der Waals surface area contributed by atoms with E-state index in [1.54, 1.807) is 0 Å². The monoisotopic (exact) mass is 221 g/mol. The molecule has 0 saturated carbocycles. The Morgan fingerprint density at radius 2 is 1.59 bits per heavy atom. The molecule has 0 spiro atoms. The van der Waals surface area contributed by atoms with E-state index in [0.29, 0.717) is 0 Å². The van der Waals surface area contributed by atoms with Crippen molar-refractivity contribution in [3.05, 3.63) is 54.1 Å². The Bertz CT molecular complexity index is 698. The van der Waals surface area contributed by atoms with Crippen LogP contribution >= 0.6 is 0 Å². The third kappa shape index (κ3) is 1.55. The van der Waals surface area contributed by atoms with E-state index in [4.69, 9.17) is 5.73 Å². The lowest BCUT2D eigenvalue weighted by molar-refractivity contribution is 1.16. The van der Waals surface area contributed by atoms with Crippen molar-refractivity contribution < 1.29 is 0 Å². The molecule has 0 bridgehead atoms. The summed E-state index contributed by atoms with van der Waals surface area (Å²) in [5.41, 5.74) is 8.20. The predicted molar refractivity (Wildman–Crippen MR) is 75.2 cm³/mol. The van der Waals surface area contributed by atoms with Crippen LogP contribution in [0.1, 0.15) is 12.5 Å². The molecule has 1 nitrogen and oxygen atoms in total. The lowest BCUT2D eigenvalue weighted by Crippen LogP contribution is -1.93. The molecule has 17 heavy (non-hydrogen) atoms. The highest BCUT2D eigenvalue weighted by molar-refractivity contribution is 6.01. The first kappa shape index (κ1) is 10.2. The number of nitrogens with two attached hydrogens (primary N) is 1. The third-order valence-corrected chi connectivity index (χ3v) is 3.39. The molecule has 0 aliphatic heterocycles. The Balaban J connectivity index is 2.47. The minimum Gasteiger partial charge on any atom is -0.398 e. The van der Waals surface area contributed by atoms with Crippen molar-refractivity contribution in [1.82, 2.24) is 0 Å². The van der Waals surface area contributed by atoms with Gasteiger partial charge in [0.1, 0.15) is 0 Å². The van der Waals surface area contributed by atoms with Gasteiger partial charge in [0.2, 0.25) is 0 Å². The van der Waals surface area contributed by atoms with E-state index < -0.39 is 0 Å². The molecule has 0 aromatic heterocycles. The fourth-order valence-electron chi connectivity index (χ4n) is 2.49. The predicted octanol–water partition coefficient (Wildman–Crippen LogP) is 4.14. The standard InChI is InChI=1S/C16H15N/c1-2-14-15-10-12-6-4-3-5-11(12)9-13(15)7-8-16(14)17/h3-10H,2,17H2,1H3. The number of rotatable bonds is 1. The van der Waals surface area contributed by atoms with Crippen LogP contribution < -0.4 is 5.73 Å². The van der Waals surface area contributed by atoms with Gasteiger partial charge < -0.3 is 5.73 Å². The third-order valence-electron chi connectivity index (χ3n) is 3.39. The van der Waals surface area contributed by atoms with Crippen LogP contribution in [0.2, 0.25) is 0 Å². The molecule has 84 valence electrons. The van der Waals surface area contributed by atoms with Gasteiger partial charge in [-0.2, -0.15) is 0 Å². The summed E-state index contributed by atoms with van der Waals surface area (Å²) >= 11 is 0. The lowest BCUT2D eigenvalue weighted by Gasteiger charge is -2.09. The van der Waals surface area contributed by atoms with Crippen LogP contribution in [0.15, 0.2) is 48.5 Å². The van der Waals surface area contributed by atoms with Gasteiger partial charge in [-0.15, -0.1) is 0 Å². The van der Waals surface area contributed by atoms with E-state index in [1.807, 2.05) is 6.07 Å². The Labute approximate surface area is 101 Å². The first-order valence-electron chi connectivity index (χ1n) is 5.99. The lowest BCUT2D eigenvalue weighted by atomic mass is 9.97. The van der Waals surface area contributed by atoms with Gasteiger partial charge in [0.25, 0.3) is 0 Å². The zero-order valence-electron chi connectivity index (χ0n) is 9.90. The smallest absolute Gasteiger partial charge is 0.0352 e. The molecule has 3 aromatic rings. The van der Waals surface area contributed by atoms with Crippen molar-refractivity contribution >= 4 is 27.2 Å². The van der Waals surface area contributed by atoms with Gasteiger partial charge >= 0.3 is 0 Å². The Kier molecular flexibility index (Phi) is 2.25. The van der Waals surface area contributed by atoms with Crippen molar-refractivity contribution in [3.63, 3.8) is 0 Å². The highest BCUT2D eigenvalue weighted by atomic mass is 14.6. The molecule has 2 N–H and O–H groups in total. The molecule has 0 saturated heterocycles. The van der Waals surface area contributed by atoms with Crippen molar-refractivity contribution in [1.29, 1.82) is 0 Å². The average molecular weight is 221 g/mol. The molecule has 0 atom stereocenters. The largest absolute Gasteiger partial charge is 0.398 e. The number of fused-ring (bicyclic) bond motifs is 2. The zero-order chi connectivity index (χ0) is 11.8. The highest BCUT2D eigenvalue weighted by Gasteiger charge is 2.04. The molecule has 3 aromatic carbocycles. The number of hydrogen-bond donors (Lipinski definition) is 1. The second-order valence-corrected chi connectivity index (χ2v) is 4.41. The van der Waals surface area contributed by atoms with E-state index in [0.717, 1.165) is 12.1 Å². The molecule has 0 radical (unpaired) electrons. The number of aryl methyl sites for hydroxylation is 1. The minimum absolute atomic E-state index is 0.898. The quantitative estimate of drug-likeness (QED) is 0.485. The number of anilines is 1. The summed E-state index contributed by atoms with van der Waals surface area (Å²) in [5, 5.41) is 5.12. The van der Waals surface area contributed by atoms with Crippen LogP contribution in [-0.4, -0.2) is 0 Å². The van der Waals surface area contributed by atoms with Crippen LogP contribution in [0.25, 0.3) is 21.5 Å². The van der Waals surface area contributed by atoms with Gasteiger partial charge in [0, 0.05) is 5.69 Å². The summed E-state index contributed by atoms with van der Waals surface area (Å²) in [6.45, 7) is 2.15. The Morgan fingerprint density at radius 3 is 2.29 bits per heavy atom. The van der Waals surface area contributed by atoms with Crippen LogP contribution in [0.3, 0.4) is 0 Å². The molecular formula is C16H15N. The van der Waals surface area contributed by atoms with Gasteiger partial charge in [-0.05, 0) is 51.7 Å². The van der Waals surface area contributed by atoms with Gasteiger partial charge in [0.15, 0.2) is 0 Å². The first-order chi connectivity index (χ1) is 8.29. The van der Waals surface area contributed by atoms with Gasteiger partial charge in [-0.1, -0.05) is 37.3 Å². The molecule has 0 aliphatic carbocycles. The Morgan fingerprint density at radius 1 is 0.882 bits per heavy atom. The van der Waals surface area contributed by atoms with E-state index in [2.05, 4.69) is 49.4 Å². The normalized spacial score (nSPS) is 11.1. The topological polar surface area (TPSA) is 26.0 Å². The van der Waals surface area contributed by atoms with Crippen LogP contribution in [0, 0.1) is 0 Å². The van der Waals surface area contributed by atoms with E-state index in [1.165, 1.54) is 27.1 Å². The van der Waals surface area contributed by atoms with Gasteiger partial charge in [0.05, 0.1) is 0 Å². The fourth-order valence-corrected chi connectivity index (χ4v) is 2.49. The summed E-state index contributed by atoms with van der Waals surface area (Å²) in [6.07, 6.45) is 0.974. The summed E-state index contributed by atoms with van der Waals surface area (Å²) in [6, 6.07) is 17.1. The van der Waals surface area contributed by atoms with Crippen molar-refractivity contribution in [2.24, 2.45) is 0 Å². The second kappa shape index (κ2) is 3.77. The maximum absolute atomic E-state index is 6.04. The first-order valence-corrected chi connectivity index (χ1v) is 5.99. The fraction of sp³-hybridized carbons (Fsp3) is 0.125.